The molecule has 0 saturated carbocycles. The number of allylic oxidation sites excluding steroid dienone is 1. The Hall–Kier alpha value is -0.123. The molecule has 0 saturated heterocycles. The van der Waals surface area contributed by atoms with Gasteiger partial charge < -0.3 is 9.74 Å². The lowest BCUT2D eigenvalue weighted by Crippen LogP contribution is -2.43. The lowest BCUT2D eigenvalue weighted by Gasteiger charge is -2.36. The summed E-state index contributed by atoms with van der Waals surface area (Å²) in [7, 11) is -1.56. The lowest BCUT2D eigenvalue weighted by atomic mass is 10.1. The Kier molecular flexibility index (Phi) is 8.07. The van der Waals surface area contributed by atoms with Gasteiger partial charge in [0.25, 0.3) is 0 Å². The third kappa shape index (κ3) is 7.34. The van der Waals surface area contributed by atoms with Crippen molar-refractivity contribution in [2.45, 2.75) is 71.1 Å². The second kappa shape index (κ2) is 8.13. The minimum atomic E-state index is -1.56. The molecule has 3 heteroatoms. The molecule has 1 N–H and O–H groups in total. The number of hydrogen-bond acceptors (Lipinski definition) is 2. The van der Waals surface area contributed by atoms with Gasteiger partial charge in [0.2, 0.25) is 0 Å². The Morgan fingerprint density at radius 3 is 2.44 bits per heavy atom. The average Bonchev–Trinajstić information content (AvgIpc) is 2.23. The second-order valence-electron chi connectivity index (χ2n) is 6.68. The monoisotopic (exact) mass is 271 g/mol. The number of hydrogen-bond donors (Lipinski definition) is 1. The summed E-state index contributed by atoms with van der Waals surface area (Å²) >= 11 is 0. The first-order valence-electron chi connectivity index (χ1n) is 7.19. The van der Waals surface area contributed by atoms with Gasteiger partial charge in [-0.15, -0.1) is 6.58 Å². The Bertz CT molecular complexity index is 233. The van der Waals surface area contributed by atoms with E-state index >= 15 is 0 Å². The second-order valence-corrected chi connectivity index (χ2v) is 11.5. The molecule has 0 spiro atoms. The van der Waals surface area contributed by atoms with Gasteiger partial charge in [0.15, 0.2) is 8.32 Å². The van der Waals surface area contributed by atoms with E-state index < -0.39 is 8.32 Å². The summed E-state index contributed by atoms with van der Waals surface area (Å²) < 4.78 is 6.13. The van der Waals surface area contributed by atoms with Crippen molar-refractivity contribution in [2.24, 2.45) is 0 Å². The highest BCUT2D eigenvalue weighted by atomic mass is 28.4. The highest BCUT2D eigenvalue weighted by Crippen LogP contribution is 2.36. The van der Waals surface area contributed by atoms with Gasteiger partial charge in [-0.05, 0) is 44.3 Å². The predicted molar refractivity (Wildman–Crippen MR) is 84.7 cm³/mol. The van der Waals surface area contributed by atoms with E-state index in [1.54, 1.807) is 0 Å². The summed E-state index contributed by atoms with van der Waals surface area (Å²) in [6.07, 6.45) is 5.55. The van der Waals surface area contributed by atoms with E-state index in [9.17, 15) is 0 Å². The van der Waals surface area contributed by atoms with Crippen molar-refractivity contribution in [3.05, 3.63) is 12.7 Å². The minimum Gasteiger partial charge on any atom is -0.416 e. The van der Waals surface area contributed by atoms with Gasteiger partial charge in [-0.3, -0.25) is 0 Å². The van der Waals surface area contributed by atoms with Crippen molar-refractivity contribution in [3.8, 4) is 0 Å². The maximum Gasteiger partial charge on any atom is 0.192 e. The maximum absolute atomic E-state index is 6.13. The molecule has 2 nitrogen and oxygen atoms in total. The molecule has 0 bridgehead atoms. The van der Waals surface area contributed by atoms with Crippen LogP contribution >= 0.6 is 0 Å². The summed E-state index contributed by atoms with van der Waals surface area (Å²) in [5.41, 5.74) is 0. The topological polar surface area (TPSA) is 21.3 Å². The summed E-state index contributed by atoms with van der Waals surface area (Å²) in [5.74, 6) is 0. The molecule has 0 rings (SSSR count). The smallest absolute Gasteiger partial charge is 0.192 e. The van der Waals surface area contributed by atoms with Crippen LogP contribution in [0.4, 0.5) is 0 Å². The van der Waals surface area contributed by atoms with Crippen LogP contribution in [-0.4, -0.2) is 27.5 Å². The third-order valence-electron chi connectivity index (χ3n) is 3.91. The Morgan fingerprint density at radius 1 is 1.33 bits per heavy atom. The van der Waals surface area contributed by atoms with Crippen molar-refractivity contribution < 1.29 is 4.43 Å². The predicted octanol–water partition coefficient (Wildman–Crippen LogP) is 4.34. The van der Waals surface area contributed by atoms with Crippen LogP contribution in [0.15, 0.2) is 12.7 Å². The first-order valence-corrected chi connectivity index (χ1v) is 10.1. The maximum atomic E-state index is 6.13. The van der Waals surface area contributed by atoms with Gasteiger partial charge in [-0.1, -0.05) is 26.8 Å². The molecule has 1 atom stereocenters. The standard InChI is InChI=1S/C15H33NOSi/c1-8-9-10-11-14(2)16-12-13-17-18(6,7)15(3,4)5/h8,14,16H,1,9-13H2,2-7H3/t14-/m0/s1. The molecule has 108 valence electrons. The van der Waals surface area contributed by atoms with Gasteiger partial charge in [0.1, 0.15) is 0 Å². The normalized spacial score (nSPS) is 14.6. The molecule has 0 aromatic rings. The molecule has 18 heavy (non-hydrogen) atoms. The van der Waals surface area contributed by atoms with E-state index in [1.165, 1.54) is 12.8 Å². The quantitative estimate of drug-likeness (QED) is 0.382. The summed E-state index contributed by atoms with van der Waals surface area (Å²) in [4.78, 5) is 0. The number of nitrogens with one attached hydrogen (secondary N) is 1. The van der Waals surface area contributed by atoms with Crippen LogP contribution in [0, 0.1) is 0 Å². The zero-order valence-corrected chi connectivity index (χ0v) is 14.3. The zero-order chi connectivity index (χ0) is 14.2. The third-order valence-corrected chi connectivity index (χ3v) is 8.45. The van der Waals surface area contributed by atoms with Gasteiger partial charge in [0, 0.05) is 19.2 Å². The molecule has 0 unspecified atom stereocenters. The van der Waals surface area contributed by atoms with Gasteiger partial charge in [-0.2, -0.15) is 0 Å². The molecule has 0 aromatic carbocycles. The van der Waals surface area contributed by atoms with Gasteiger partial charge >= 0.3 is 0 Å². The fourth-order valence-corrected chi connectivity index (χ4v) is 2.54. The summed E-state index contributed by atoms with van der Waals surface area (Å²) in [6, 6.07) is 0.577. The van der Waals surface area contributed by atoms with Crippen LogP contribution in [0.1, 0.15) is 47.0 Å². The van der Waals surface area contributed by atoms with E-state index in [-0.39, 0.29) is 0 Å². The average molecular weight is 272 g/mol. The van der Waals surface area contributed by atoms with E-state index in [0.29, 0.717) is 11.1 Å². The molecule has 0 aliphatic carbocycles. The van der Waals surface area contributed by atoms with Crippen molar-refractivity contribution in [2.75, 3.05) is 13.2 Å². The molecule has 0 aliphatic rings. The molecule has 0 heterocycles. The molecule has 0 radical (unpaired) electrons. The molecular formula is C15H33NOSi. The Labute approximate surface area is 115 Å². The highest BCUT2D eigenvalue weighted by molar-refractivity contribution is 6.74. The first-order chi connectivity index (χ1) is 8.20. The summed E-state index contributed by atoms with van der Waals surface area (Å²) in [5, 5.41) is 3.84. The van der Waals surface area contributed by atoms with Crippen molar-refractivity contribution in [3.63, 3.8) is 0 Å². The molecular weight excluding hydrogens is 238 g/mol. The SMILES string of the molecule is C=CCCC[C@H](C)NCCO[Si](C)(C)C(C)(C)C. The fraction of sp³-hybridized carbons (Fsp3) is 0.867. The van der Waals surface area contributed by atoms with Crippen LogP contribution in [0.3, 0.4) is 0 Å². The van der Waals surface area contributed by atoms with Gasteiger partial charge in [-0.25, -0.2) is 0 Å². The van der Waals surface area contributed by atoms with Crippen molar-refractivity contribution in [1.29, 1.82) is 0 Å². The zero-order valence-electron chi connectivity index (χ0n) is 13.3. The van der Waals surface area contributed by atoms with Crippen LogP contribution in [0.25, 0.3) is 0 Å². The molecule has 0 aliphatic heterocycles. The van der Waals surface area contributed by atoms with E-state index in [2.05, 4.69) is 52.7 Å². The largest absolute Gasteiger partial charge is 0.416 e. The highest BCUT2D eigenvalue weighted by Gasteiger charge is 2.36. The first kappa shape index (κ1) is 17.9. The van der Waals surface area contributed by atoms with Crippen LogP contribution < -0.4 is 5.32 Å². The Balaban J connectivity index is 3.70. The van der Waals surface area contributed by atoms with E-state index in [4.69, 9.17) is 4.43 Å². The van der Waals surface area contributed by atoms with E-state index in [1.807, 2.05) is 6.08 Å². The van der Waals surface area contributed by atoms with Crippen LogP contribution in [-0.2, 0) is 4.43 Å². The van der Waals surface area contributed by atoms with Crippen LogP contribution in [0.2, 0.25) is 18.1 Å². The Morgan fingerprint density at radius 2 is 1.94 bits per heavy atom. The van der Waals surface area contributed by atoms with Crippen molar-refractivity contribution in [1.82, 2.24) is 5.32 Å². The molecule has 0 fully saturated rings. The lowest BCUT2D eigenvalue weighted by molar-refractivity contribution is 0.279. The molecule has 0 aromatic heterocycles. The number of unbranched alkanes of at least 4 members (excludes halogenated alkanes) is 1. The molecule has 0 amide bonds. The van der Waals surface area contributed by atoms with Crippen molar-refractivity contribution >= 4 is 8.32 Å². The minimum absolute atomic E-state index is 0.308. The van der Waals surface area contributed by atoms with Gasteiger partial charge in [0.05, 0.1) is 0 Å². The summed E-state index contributed by atoms with van der Waals surface area (Å²) in [6.45, 7) is 19.2. The van der Waals surface area contributed by atoms with E-state index in [0.717, 1.165) is 19.6 Å². The van der Waals surface area contributed by atoms with Crippen LogP contribution in [0.5, 0.6) is 0 Å². The fourth-order valence-electron chi connectivity index (χ4n) is 1.50. The number of rotatable bonds is 9.